The van der Waals surface area contributed by atoms with Gasteiger partial charge in [0.1, 0.15) is 0 Å². The number of benzene rings is 5. The van der Waals surface area contributed by atoms with Crippen LogP contribution in [0.25, 0.3) is 10.8 Å². The van der Waals surface area contributed by atoms with Crippen LogP contribution in [0.15, 0.2) is 115 Å². The second-order valence-corrected chi connectivity index (χ2v) is 17.1. The number of methoxy groups -OCH3 is 2. The summed E-state index contributed by atoms with van der Waals surface area (Å²) in [6.07, 6.45) is 0.148. The fraction of sp³-hybridized carbons (Fsp3) is 0.373. The normalized spacial score (nSPS) is 22.0. The van der Waals surface area contributed by atoms with Crippen LogP contribution in [0.5, 0.6) is 11.5 Å². The van der Waals surface area contributed by atoms with Crippen LogP contribution in [-0.2, 0) is 30.4 Å². The maximum absolute atomic E-state index is 14.7. The van der Waals surface area contributed by atoms with Gasteiger partial charge in [0.05, 0.1) is 44.5 Å². The first kappa shape index (κ1) is 43.6. The van der Waals surface area contributed by atoms with Gasteiger partial charge < -0.3 is 24.6 Å². The van der Waals surface area contributed by atoms with E-state index in [4.69, 9.17) is 9.47 Å². The number of aliphatic hydroxyl groups excluding tert-OH is 1. The summed E-state index contributed by atoms with van der Waals surface area (Å²) in [5, 5.41) is 26.4. The lowest BCUT2D eigenvalue weighted by atomic mass is 9.64. The Morgan fingerprint density at radius 1 is 0.869 bits per heavy atom. The maximum atomic E-state index is 14.7. The molecule has 0 heterocycles. The van der Waals surface area contributed by atoms with Crippen LogP contribution in [0.4, 0.5) is 13.2 Å². The molecule has 0 radical (unpaired) electrons. The van der Waals surface area contributed by atoms with E-state index in [2.05, 4.69) is 6.08 Å². The molecule has 7 nitrogen and oxygen atoms in total. The van der Waals surface area contributed by atoms with Gasteiger partial charge in [0.25, 0.3) is 0 Å². The Morgan fingerprint density at radius 3 is 2.39 bits per heavy atom. The molecule has 1 saturated carbocycles. The number of amides is 1. The van der Waals surface area contributed by atoms with Gasteiger partial charge >= 0.3 is 6.18 Å². The van der Waals surface area contributed by atoms with Crippen molar-refractivity contribution in [1.82, 2.24) is 4.90 Å². The van der Waals surface area contributed by atoms with E-state index in [1.807, 2.05) is 74.5 Å². The molecule has 1 fully saturated rings. The zero-order valence-corrected chi connectivity index (χ0v) is 35.2. The number of hydrogen-bond donors (Lipinski definition) is 2. The zero-order chi connectivity index (χ0) is 43.5. The number of alkyl halides is 3. The summed E-state index contributed by atoms with van der Waals surface area (Å²) >= 11 is 0. The Morgan fingerprint density at radius 2 is 1.62 bits per heavy atom. The molecule has 0 aliphatic heterocycles. The molecular weight excluding hydrogens is 780 g/mol. The highest BCUT2D eigenvalue weighted by Gasteiger charge is 2.57. The highest BCUT2D eigenvalue weighted by molar-refractivity contribution is 6.10. The van der Waals surface area contributed by atoms with E-state index in [-0.39, 0.29) is 43.0 Å². The zero-order valence-electron chi connectivity index (χ0n) is 35.2. The third kappa shape index (κ3) is 9.26. The molecule has 3 aliphatic rings. The Bertz CT molecular complexity index is 2440. The molecule has 3 aliphatic carbocycles. The SMILES string of the molecule is COc1ccc(CC(=O)N(Cc2cccc3ccccc23)C[C@]2(O)CC[C@H]3c4ccc(cc4C(=O)c4cccc(C(F)(F)F)c4)C[C@@H](O)CCC(C)=CCC[C@@]32C)cc1OC. The summed E-state index contributed by atoms with van der Waals surface area (Å²) in [6.45, 7) is 4.30. The van der Waals surface area contributed by atoms with Gasteiger partial charge in [0.2, 0.25) is 5.91 Å². The van der Waals surface area contributed by atoms with Crippen molar-refractivity contribution in [2.45, 2.75) is 95.6 Å². The van der Waals surface area contributed by atoms with Crippen molar-refractivity contribution in [3.63, 3.8) is 0 Å². The molecule has 2 bridgehead atoms. The van der Waals surface area contributed by atoms with Crippen LogP contribution in [-0.4, -0.2) is 59.3 Å². The lowest BCUT2D eigenvalue weighted by Crippen LogP contribution is -2.53. The number of carbonyl (C=O) groups excluding carboxylic acids is 2. The van der Waals surface area contributed by atoms with Gasteiger partial charge in [-0.2, -0.15) is 13.2 Å². The molecule has 5 aromatic carbocycles. The van der Waals surface area contributed by atoms with E-state index >= 15 is 0 Å². The van der Waals surface area contributed by atoms with Gasteiger partial charge in [-0.25, -0.2) is 0 Å². The molecule has 0 spiro atoms. The number of halogens is 3. The van der Waals surface area contributed by atoms with Crippen molar-refractivity contribution in [2.24, 2.45) is 5.41 Å². The summed E-state index contributed by atoms with van der Waals surface area (Å²) in [5.74, 6) is -0.115. The molecule has 1 amide bonds. The number of fused-ring (bicyclic) bond motifs is 9. The lowest BCUT2D eigenvalue weighted by molar-refractivity contribution is -0.140. The third-order valence-electron chi connectivity index (χ3n) is 13.2. The predicted octanol–water partition coefficient (Wildman–Crippen LogP) is 10.4. The largest absolute Gasteiger partial charge is 0.493 e. The molecule has 10 heteroatoms. The van der Waals surface area contributed by atoms with E-state index in [0.717, 1.165) is 39.6 Å². The molecule has 0 aromatic heterocycles. The topological polar surface area (TPSA) is 96.3 Å². The summed E-state index contributed by atoms with van der Waals surface area (Å²) in [7, 11) is 3.09. The number of ether oxygens (including phenoxy) is 2. The van der Waals surface area contributed by atoms with Gasteiger partial charge in [-0.1, -0.05) is 91.4 Å². The Balaban J connectivity index is 1.32. The first-order valence-electron chi connectivity index (χ1n) is 21.0. The minimum Gasteiger partial charge on any atom is -0.493 e. The first-order chi connectivity index (χ1) is 29.1. The minimum atomic E-state index is -4.64. The van der Waals surface area contributed by atoms with Crippen molar-refractivity contribution >= 4 is 22.5 Å². The molecule has 5 aromatic rings. The van der Waals surface area contributed by atoms with Gasteiger partial charge in [-0.15, -0.1) is 0 Å². The van der Waals surface area contributed by atoms with Gasteiger partial charge in [0.15, 0.2) is 17.3 Å². The molecule has 0 unspecified atom stereocenters. The second-order valence-electron chi connectivity index (χ2n) is 17.1. The number of nitrogens with zero attached hydrogens (tertiary/aromatic N) is 1. The fourth-order valence-electron chi connectivity index (χ4n) is 9.65. The van der Waals surface area contributed by atoms with Gasteiger partial charge in [-0.05, 0) is 121 Å². The van der Waals surface area contributed by atoms with Crippen LogP contribution in [0, 0.1) is 5.41 Å². The molecule has 4 atom stereocenters. The standard InChI is InChI=1S/C51H54F3NO6/c1-33-10-9-24-49(2)44(42-21-18-34(26-40(56)20-17-33)27-43(42)48(58)37-13-8-15-39(30-37)51(52,53)54)23-25-50(49,59)32-55(31-38-14-7-12-36-11-5-6-16-41(36)38)47(57)29-35-19-22-45(60-3)46(28-35)61-4/h5-8,10-16,18-19,21-22,27-28,30,40,44,56,59H,9,17,20,23-26,29,31-32H2,1-4H3/t40-,44-,49-,50+/m0/s1. The van der Waals surface area contributed by atoms with E-state index in [1.165, 1.54) is 12.1 Å². The van der Waals surface area contributed by atoms with Crippen molar-refractivity contribution in [2.75, 3.05) is 20.8 Å². The van der Waals surface area contributed by atoms with Crippen molar-refractivity contribution in [1.29, 1.82) is 0 Å². The smallest absolute Gasteiger partial charge is 0.416 e. The molecule has 2 N–H and O–H groups in total. The molecule has 320 valence electrons. The highest BCUT2D eigenvalue weighted by Crippen LogP contribution is 2.59. The molecular formula is C51H54F3NO6. The summed E-state index contributed by atoms with van der Waals surface area (Å²) < 4.78 is 52.7. The highest BCUT2D eigenvalue weighted by atomic mass is 19.4. The van der Waals surface area contributed by atoms with Crippen molar-refractivity contribution < 1.29 is 42.4 Å². The van der Waals surface area contributed by atoms with Crippen LogP contribution in [0.2, 0.25) is 0 Å². The average molecular weight is 834 g/mol. The predicted molar refractivity (Wildman–Crippen MR) is 231 cm³/mol. The van der Waals surface area contributed by atoms with E-state index in [9.17, 15) is 33.0 Å². The van der Waals surface area contributed by atoms with Crippen LogP contribution >= 0.6 is 0 Å². The number of hydrogen-bond acceptors (Lipinski definition) is 6. The number of rotatable bonds is 10. The van der Waals surface area contributed by atoms with Crippen LogP contribution in [0.1, 0.15) is 102 Å². The lowest BCUT2D eigenvalue weighted by Gasteiger charge is -2.46. The quantitative estimate of drug-likeness (QED) is 0.107. The van der Waals surface area contributed by atoms with E-state index in [1.54, 1.807) is 37.3 Å². The summed E-state index contributed by atoms with van der Waals surface area (Å²) in [6, 6.07) is 29.3. The number of allylic oxidation sites excluding steroid dienone is 2. The van der Waals surface area contributed by atoms with Crippen LogP contribution in [0.3, 0.4) is 0 Å². The average Bonchev–Trinajstić information content (AvgIpc) is 3.50. The van der Waals surface area contributed by atoms with Crippen molar-refractivity contribution in [3.8, 4) is 11.5 Å². The Hall–Kier alpha value is -5.45. The van der Waals surface area contributed by atoms with Crippen LogP contribution < -0.4 is 9.47 Å². The summed E-state index contributed by atoms with van der Waals surface area (Å²) in [5.41, 5.74) is 0.993. The second kappa shape index (κ2) is 17.9. The first-order valence-corrected chi connectivity index (χ1v) is 21.0. The number of ketones is 1. The summed E-state index contributed by atoms with van der Waals surface area (Å²) in [4.78, 5) is 31.0. The molecule has 8 rings (SSSR count). The van der Waals surface area contributed by atoms with Gasteiger partial charge in [-0.3, -0.25) is 9.59 Å². The van der Waals surface area contributed by atoms with Crippen molar-refractivity contribution in [3.05, 3.63) is 154 Å². The van der Waals surface area contributed by atoms with E-state index in [0.29, 0.717) is 61.2 Å². The fourth-order valence-corrected chi connectivity index (χ4v) is 9.65. The number of aliphatic hydroxyl groups is 2. The number of carbonyl (C=O) groups is 2. The van der Waals surface area contributed by atoms with Gasteiger partial charge in [0, 0.05) is 23.1 Å². The Kier molecular flexibility index (Phi) is 12.8. The third-order valence-corrected chi connectivity index (χ3v) is 13.2. The minimum absolute atomic E-state index is 0.000770. The Labute approximate surface area is 355 Å². The maximum Gasteiger partial charge on any atom is 0.416 e. The molecule has 61 heavy (non-hydrogen) atoms. The molecule has 0 saturated heterocycles. The monoisotopic (exact) mass is 833 g/mol. The van der Waals surface area contributed by atoms with E-state index < -0.39 is 40.6 Å².